The summed E-state index contributed by atoms with van der Waals surface area (Å²) in [6.45, 7) is 4.20. The van der Waals surface area contributed by atoms with Crippen molar-refractivity contribution in [1.29, 1.82) is 0 Å². The van der Waals surface area contributed by atoms with E-state index in [-0.39, 0.29) is 0 Å². The van der Waals surface area contributed by atoms with Gasteiger partial charge >= 0.3 is 0 Å². The minimum atomic E-state index is 0.505. The van der Waals surface area contributed by atoms with Crippen LogP contribution in [-0.4, -0.2) is 25.3 Å². The highest BCUT2D eigenvalue weighted by molar-refractivity contribution is 9.11. The van der Waals surface area contributed by atoms with Gasteiger partial charge in [0.2, 0.25) is 0 Å². The summed E-state index contributed by atoms with van der Waals surface area (Å²) in [5.41, 5.74) is 0. The van der Waals surface area contributed by atoms with Crippen molar-refractivity contribution in [3.8, 4) is 0 Å². The zero-order valence-corrected chi connectivity index (χ0v) is 14.1. The first-order valence-corrected chi connectivity index (χ1v) is 8.98. The summed E-state index contributed by atoms with van der Waals surface area (Å²) in [6.07, 6.45) is 7.90. The van der Waals surface area contributed by atoms with Gasteiger partial charge in [-0.3, -0.25) is 0 Å². The van der Waals surface area contributed by atoms with Crippen molar-refractivity contribution in [3.63, 3.8) is 0 Å². The van der Waals surface area contributed by atoms with Crippen LogP contribution in [0.3, 0.4) is 0 Å². The lowest BCUT2D eigenvalue weighted by Crippen LogP contribution is -2.32. The Kier molecular flexibility index (Phi) is 6.85. The van der Waals surface area contributed by atoms with Gasteiger partial charge in [-0.25, -0.2) is 0 Å². The Morgan fingerprint density at radius 1 is 1.47 bits per heavy atom. The van der Waals surface area contributed by atoms with Crippen LogP contribution in [0, 0.1) is 0 Å². The van der Waals surface area contributed by atoms with Crippen molar-refractivity contribution >= 4 is 27.3 Å². The quantitative estimate of drug-likeness (QED) is 0.791. The van der Waals surface area contributed by atoms with Crippen molar-refractivity contribution in [1.82, 2.24) is 5.32 Å². The van der Waals surface area contributed by atoms with E-state index in [1.807, 2.05) is 11.3 Å². The predicted octanol–water partition coefficient (Wildman–Crippen LogP) is 4.38. The molecule has 0 saturated carbocycles. The molecule has 4 heteroatoms. The average Bonchev–Trinajstić information content (AvgIpc) is 2.83. The van der Waals surface area contributed by atoms with Crippen molar-refractivity contribution in [2.75, 3.05) is 13.2 Å². The van der Waals surface area contributed by atoms with E-state index in [2.05, 4.69) is 40.3 Å². The fourth-order valence-corrected chi connectivity index (χ4v) is 4.25. The maximum absolute atomic E-state index is 5.83. The second-order valence-electron chi connectivity index (χ2n) is 5.23. The molecule has 2 atom stereocenters. The highest BCUT2D eigenvalue weighted by Crippen LogP contribution is 2.24. The number of nitrogens with one attached hydrogen (secondary N) is 1. The molecule has 1 aromatic rings. The fourth-order valence-electron chi connectivity index (χ4n) is 2.69. The smallest absolute Gasteiger partial charge is 0.0701 e. The molecule has 0 spiro atoms. The highest BCUT2D eigenvalue weighted by Gasteiger charge is 2.17. The van der Waals surface area contributed by atoms with Crippen LogP contribution in [0.25, 0.3) is 0 Å². The van der Waals surface area contributed by atoms with Gasteiger partial charge in [0.25, 0.3) is 0 Å². The molecule has 108 valence electrons. The van der Waals surface area contributed by atoms with Gasteiger partial charge in [0.15, 0.2) is 0 Å². The van der Waals surface area contributed by atoms with Crippen LogP contribution in [-0.2, 0) is 11.2 Å². The monoisotopic (exact) mass is 345 g/mol. The third-order valence-electron chi connectivity index (χ3n) is 3.68. The second-order valence-corrected chi connectivity index (χ2v) is 7.78. The molecule has 0 aliphatic carbocycles. The van der Waals surface area contributed by atoms with E-state index < -0.39 is 0 Å². The lowest BCUT2D eigenvalue weighted by Gasteiger charge is -2.25. The molecule has 0 amide bonds. The number of ether oxygens (including phenoxy) is 1. The second kappa shape index (κ2) is 8.40. The lowest BCUT2D eigenvalue weighted by molar-refractivity contribution is 0.00862. The molecule has 2 unspecified atom stereocenters. The summed E-state index contributed by atoms with van der Waals surface area (Å²) in [5, 5.41) is 3.62. The van der Waals surface area contributed by atoms with E-state index in [4.69, 9.17) is 4.74 Å². The molecule has 1 aliphatic rings. The largest absolute Gasteiger partial charge is 0.378 e. The zero-order valence-electron chi connectivity index (χ0n) is 11.7. The molecule has 0 radical (unpaired) electrons. The van der Waals surface area contributed by atoms with Crippen LogP contribution < -0.4 is 5.32 Å². The van der Waals surface area contributed by atoms with Crippen LogP contribution in [0.4, 0.5) is 0 Å². The Morgan fingerprint density at radius 3 is 3.00 bits per heavy atom. The number of hydrogen-bond acceptors (Lipinski definition) is 3. The summed E-state index contributed by atoms with van der Waals surface area (Å²) >= 11 is 5.39. The summed E-state index contributed by atoms with van der Waals surface area (Å²) in [7, 11) is 0. The van der Waals surface area contributed by atoms with Crippen molar-refractivity contribution in [2.45, 2.75) is 57.6 Å². The summed E-state index contributed by atoms with van der Waals surface area (Å²) in [5.74, 6) is 0. The lowest BCUT2D eigenvalue weighted by atomic mass is 9.99. The Hall–Kier alpha value is 0.1000. The number of rotatable bonds is 7. The van der Waals surface area contributed by atoms with E-state index in [1.54, 1.807) is 0 Å². The molecule has 2 rings (SSSR count). The minimum Gasteiger partial charge on any atom is -0.378 e. The minimum absolute atomic E-state index is 0.505. The first kappa shape index (κ1) is 15.5. The Labute approximate surface area is 129 Å². The maximum atomic E-state index is 5.83. The van der Waals surface area contributed by atoms with E-state index in [1.165, 1.54) is 40.8 Å². The molecule has 1 saturated heterocycles. The van der Waals surface area contributed by atoms with E-state index in [0.717, 1.165) is 19.6 Å². The van der Waals surface area contributed by atoms with Crippen LogP contribution >= 0.6 is 27.3 Å². The van der Waals surface area contributed by atoms with E-state index >= 15 is 0 Å². The molecule has 0 bridgehead atoms. The first-order valence-electron chi connectivity index (χ1n) is 7.37. The van der Waals surface area contributed by atoms with E-state index in [9.17, 15) is 0 Å². The molecule has 1 aromatic heterocycles. The molecule has 19 heavy (non-hydrogen) atoms. The molecule has 1 aliphatic heterocycles. The van der Waals surface area contributed by atoms with Gasteiger partial charge in [0.1, 0.15) is 0 Å². The third kappa shape index (κ3) is 5.54. The van der Waals surface area contributed by atoms with Crippen molar-refractivity contribution in [2.24, 2.45) is 0 Å². The van der Waals surface area contributed by atoms with Gasteiger partial charge < -0.3 is 10.1 Å². The van der Waals surface area contributed by atoms with Gasteiger partial charge in [-0.05, 0) is 73.1 Å². The van der Waals surface area contributed by atoms with Crippen LogP contribution in [0.15, 0.2) is 15.9 Å². The number of hydrogen-bond donors (Lipinski definition) is 1. The zero-order chi connectivity index (χ0) is 13.5. The Bertz CT molecular complexity index is 363. The summed E-state index contributed by atoms with van der Waals surface area (Å²) in [4.78, 5) is 1.46. The van der Waals surface area contributed by atoms with Crippen LogP contribution in [0.5, 0.6) is 0 Å². The molecule has 0 aromatic carbocycles. The fraction of sp³-hybridized carbons (Fsp3) is 0.733. The number of halogens is 1. The summed E-state index contributed by atoms with van der Waals surface area (Å²) in [6, 6.07) is 4.96. The maximum Gasteiger partial charge on any atom is 0.0701 e. The molecule has 1 N–H and O–H groups in total. The van der Waals surface area contributed by atoms with Gasteiger partial charge in [-0.2, -0.15) is 0 Å². The molecule has 2 heterocycles. The third-order valence-corrected chi connectivity index (χ3v) is 5.33. The van der Waals surface area contributed by atoms with Crippen molar-refractivity contribution < 1.29 is 4.74 Å². The van der Waals surface area contributed by atoms with Crippen LogP contribution in [0.1, 0.15) is 43.9 Å². The van der Waals surface area contributed by atoms with E-state index in [0.29, 0.717) is 12.1 Å². The van der Waals surface area contributed by atoms with Gasteiger partial charge in [0.05, 0.1) is 9.89 Å². The summed E-state index contributed by atoms with van der Waals surface area (Å²) < 4.78 is 7.06. The van der Waals surface area contributed by atoms with Crippen LogP contribution in [0.2, 0.25) is 0 Å². The normalized spacial score (nSPS) is 21.5. The topological polar surface area (TPSA) is 21.3 Å². The van der Waals surface area contributed by atoms with Gasteiger partial charge in [0, 0.05) is 17.5 Å². The molecule has 2 nitrogen and oxygen atoms in total. The molecular weight excluding hydrogens is 322 g/mol. The standard InChI is InChI=1S/C15H24BrNOS/c1-2-17-12(11-14-8-9-15(16)19-14)6-7-13-5-3-4-10-18-13/h8-9,12-13,17H,2-7,10-11H2,1H3. The molecule has 1 fully saturated rings. The van der Waals surface area contributed by atoms with Gasteiger partial charge in [-0.15, -0.1) is 11.3 Å². The Balaban J connectivity index is 1.78. The highest BCUT2D eigenvalue weighted by atomic mass is 79.9. The molecular formula is C15H24BrNOS. The first-order chi connectivity index (χ1) is 9.28. The van der Waals surface area contributed by atoms with Gasteiger partial charge in [-0.1, -0.05) is 6.92 Å². The Morgan fingerprint density at radius 2 is 2.37 bits per heavy atom. The number of likely N-dealkylation sites (N-methyl/N-ethyl adjacent to an activating group) is 1. The SMILES string of the molecule is CCNC(CCC1CCCCO1)Cc1ccc(Br)s1. The predicted molar refractivity (Wildman–Crippen MR) is 86.0 cm³/mol. The average molecular weight is 346 g/mol. The number of thiophene rings is 1. The van der Waals surface area contributed by atoms with Crippen molar-refractivity contribution in [3.05, 3.63) is 20.8 Å².